The van der Waals surface area contributed by atoms with E-state index in [1.807, 2.05) is 6.92 Å². The van der Waals surface area contributed by atoms with Crippen molar-refractivity contribution in [3.8, 4) is 0 Å². The summed E-state index contributed by atoms with van der Waals surface area (Å²) in [6.07, 6.45) is 3.11. The molecule has 0 N–H and O–H groups in total. The fourth-order valence-corrected chi connectivity index (χ4v) is 2.73. The summed E-state index contributed by atoms with van der Waals surface area (Å²) in [7, 11) is 0. The summed E-state index contributed by atoms with van der Waals surface area (Å²) >= 11 is 0. The topological polar surface area (TPSA) is 12.5 Å². The van der Waals surface area contributed by atoms with Crippen molar-refractivity contribution >= 4 is 0 Å². The van der Waals surface area contributed by atoms with Gasteiger partial charge in [0.15, 0.2) is 0 Å². The lowest BCUT2D eigenvalue weighted by Gasteiger charge is -2.38. The molecule has 2 rings (SSSR count). The normalized spacial score (nSPS) is 42.2. The Hall–Kier alpha value is -0.150. The smallest absolute Gasteiger partial charge is 0.115 e. The van der Waals surface area contributed by atoms with Gasteiger partial charge in [-0.1, -0.05) is 13.8 Å². The quantitative estimate of drug-likeness (QED) is 0.721. The minimum Gasteiger partial charge on any atom is -0.377 e. The molecule has 2 aliphatic rings. The van der Waals surface area contributed by atoms with Crippen LogP contribution in [-0.4, -0.2) is 43.4 Å². The molecule has 0 aromatic heterocycles. The highest BCUT2D eigenvalue weighted by molar-refractivity contribution is 4.81. The molecule has 0 amide bonds. The molecule has 94 valence electrons. The molecule has 0 aliphatic carbocycles. The minimum atomic E-state index is -0.646. The Balaban J connectivity index is 1.80. The zero-order chi connectivity index (χ0) is 11.5. The first-order chi connectivity index (χ1) is 7.66. The second-order valence-electron chi connectivity index (χ2n) is 5.57. The van der Waals surface area contributed by atoms with Crippen LogP contribution in [0.1, 0.15) is 33.1 Å². The van der Waals surface area contributed by atoms with Gasteiger partial charge < -0.3 is 4.74 Å². The van der Waals surface area contributed by atoms with Crippen LogP contribution in [0.15, 0.2) is 0 Å². The molecule has 0 radical (unpaired) electrons. The summed E-state index contributed by atoms with van der Waals surface area (Å²) in [6, 6.07) is 0. The third-order valence-electron chi connectivity index (χ3n) is 4.16. The molecule has 2 fully saturated rings. The van der Waals surface area contributed by atoms with E-state index in [9.17, 15) is 4.39 Å². The van der Waals surface area contributed by atoms with Crippen LogP contribution in [0.2, 0.25) is 0 Å². The molecule has 4 atom stereocenters. The number of ether oxygens (including phenoxy) is 1. The van der Waals surface area contributed by atoms with Crippen molar-refractivity contribution in [3.63, 3.8) is 0 Å². The molecule has 2 heterocycles. The number of halogens is 1. The van der Waals surface area contributed by atoms with Gasteiger partial charge in [0.2, 0.25) is 0 Å². The van der Waals surface area contributed by atoms with Crippen molar-refractivity contribution in [1.29, 1.82) is 0 Å². The molecule has 0 saturated carbocycles. The van der Waals surface area contributed by atoms with E-state index in [2.05, 4.69) is 11.8 Å². The average molecular weight is 229 g/mol. The molecule has 0 unspecified atom stereocenters. The summed E-state index contributed by atoms with van der Waals surface area (Å²) in [4.78, 5) is 2.25. The molecule has 0 spiro atoms. The Morgan fingerprint density at radius 2 is 2.06 bits per heavy atom. The molecule has 0 aromatic rings. The molecule has 2 saturated heterocycles. The van der Waals surface area contributed by atoms with Crippen LogP contribution in [0.3, 0.4) is 0 Å². The van der Waals surface area contributed by atoms with E-state index in [0.717, 1.165) is 26.1 Å². The predicted molar refractivity (Wildman–Crippen MR) is 63.3 cm³/mol. The average Bonchev–Trinajstić information content (AvgIpc) is 2.27. The van der Waals surface area contributed by atoms with Crippen LogP contribution in [0, 0.1) is 11.8 Å². The number of alkyl halides is 1. The highest BCUT2D eigenvalue weighted by atomic mass is 19.1. The second-order valence-corrected chi connectivity index (χ2v) is 5.57. The fraction of sp³-hybridized carbons (Fsp3) is 1.00. The Kier molecular flexibility index (Phi) is 4.20. The van der Waals surface area contributed by atoms with Gasteiger partial charge in [0, 0.05) is 19.7 Å². The Morgan fingerprint density at radius 3 is 2.75 bits per heavy atom. The van der Waals surface area contributed by atoms with Crippen molar-refractivity contribution in [2.24, 2.45) is 11.8 Å². The summed E-state index contributed by atoms with van der Waals surface area (Å²) < 4.78 is 19.4. The SMILES string of the molecule is C[C@H]1CCN(C[C@H]2OCCC[C@@H]2C)C[C@H]1F. The second kappa shape index (κ2) is 5.46. The number of nitrogens with zero attached hydrogens (tertiary/aromatic N) is 1. The van der Waals surface area contributed by atoms with Gasteiger partial charge in [-0.05, 0) is 37.6 Å². The van der Waals surface area contributed by atoms with E-state index in [0.29, 0.717) is 18.6 Å². The van der Waals surface area contributed by atoms with Crippen LogP contribution in [-0.2, 0) is 4.74 Å². The first kappa shape index (κ1) is 12.3. The van der Waals surface area contributed by atoms with E-state index < -0.39 is 6.17 Å². The number of hydrogen-bond acceptors (Lipinski definition) is 2. The van der Waals surface area contributed by atoms with Crippen molar-refractivity contribution in [3.05, 3.63) is 0 Å². The van der Waals surface area contributed by atoms with Crippen LogP contribution in [0.25, 0.3) is 0 Å². The van der Waals surface area contributed by atoms with Crippen molar-refractivity contribution in [1.82, 2.24) is 4.90 Å². The van der Waals surface area contributed by atoms with Crippen molar-refractivity contribution in [2.45, 2.75) is 45.4 Å². The lowest BCUT2D eigenvalue weighted by Crippen LogP contribution is -2.46. The van der Waals surface area contributed by atoms with Gasteiger partial charge in [0.05, 0.1) is 6.10 Å². The molecule has 0 aromatic carbocycles. The molecule has 16 heavy (non-hydrogen) atoms. The van der Waals surface area contributed by atoms with Gasteiger partial charge in [0.1, 0.15) is 6.17 Å². The maximum atomic E-state index is 13.6. The van der Waals surface area contributed by atoms with E-state index in [-0.39, 0.29) is 5.92 Å². The van der Waals surface area contributed by atoms with Gasteiger partial charge in [0.25, 0.3) is 0 Å². The molecule has 3 heteroatoms. The zero-order valence-corrected chi connectivity index (χ0v) is 10.5. The van der Waals surface area contributed by atoms with Gasteiger partial charge >= 0.3 is 0 Å². The fourth-order valence-electron chi connectivity index (χ4n) is 2.73. The van der Waals surface area contributed by atoms with E-state index in [4.69, 9.17) is 4.74 Å². The Labute approximate surface area is 98.1 Å². The lowest BCUT2D eigenvalue weighted by molar-refractivity contribution is -0.0484. The zero-order valence-electron chi connectivity index (χ0n) is 10.5. The monoisotopic (exact) mass is 229 g/mol. The molecular weight excluding hydrogens is 205 g/mol. The Morgan fingerprint density at radius 1 is 1.25 bits per heavy atom. The maximum absolute atomic E-state index is 13.6. The molecule has 0 bridgehead atoms. The third-order valence-corrected chi connectivity index (χ3v) is 4.16. The number of rotatable bonds is 2. The van der Waals surface area contributed by atoms with Crippen LogP contribution in [0.5, 0.6) is 0 Å². The molecule has 2 nitrogen and oxygen atoms in total. The van der Waals surface area contributed by atoms with Crippen LogP contribution < -0.4 is 0 Å². The molecule has 2 aliphatic heterocycles. The Bertz CT molecular complexity index is 224. The van der Waals surface area contributed by atoms with Crippen molar-refractivity contribution < 1.29 is 9.13 Å². The lowest BCUT2D eigenvalue weighted by atomic mass is 9.93. The van der Waals surface area contributed by atoms with Crippen molar-refractivity contribution in [2.75, 3.05) is 26.2 Å². The van der Waals surface area contributed by atoms with Crippen LogP contribution in [0.4, 0.5) is 4.39 Å². The van der Waals surface area contributed by atoms with E-state index in [1.54, 1.807) is 0 Å². The number of piperidine rings is 1. The van der Waals surface area contributed by atoms with Gasteiger partial charge in [-0.3, -0.25) is 4.90 Å². The first-order valence-electron chi connectivity index (χ1n) is 6.65. The number of likely N-dealkylation sites (tertiary alicyclic amines) is 1. The standard InChI is InChI=1S/C13H24FNO/c1-10-5-6-15(8-12(10)14)9-13-11(2)4-3-7-16-13/h10-13H,3-9H2,1-2H3/t10-,11-,12+,13+/m0/s1. The van der Waals surface area contributed by atoms with Gasteiger partial charge in [-0.25, -0.2) is 4.39 Å². The number of hydrogen-bond donors (Lipinski definition) is 0. The molecular formula is C13H24FNO. The minimum absolute atomic E-state index is 0.237. The maximum Gasteiger partial charge on any atom is 0.115 e. The summed E-state index contributed by atoms with van der Waals surface area (Å²) in [6.45, 7) is 7.72. The van der Waals surface area contributed by atoms with Gasteiger partial charge in [-0.2, -0.15) is 0 Å². The summed E-state index contributed by atoms with van der Waals surface area (Å²) in [5.74, 6) is 0.868. The van der Waals surface area contributed by atoms with E-state index >= 15 is 0 Å². The highest BCUT2D eigenvalue weighted by Gasteiger charge is 2.30. The largest absolute Gasteiger partial charge is 0.377 e. The highest BCUT2D eigenvalue weighted by Crippen LogP contribution is 2.24. The first-order valence-corrected chi connectivity index (χ1v) is 6.65. The van der Waals surface area contributed by atoms with Crippen LogP contribution >= 0.6 is 0 Å². The summed E-state index contributed by atoms with van der Waals surface area (Å²) in [5.41, 5.74) is 0. The van der Waals surface area contributed by atoms with Gasteiger partial charge in [-0.15, -0.1) is 0 Å². The van der Waals surface area contributed by atoms with E-state index in [1.165, 1.54) is 12.8 Å². The predicted octanol–water partition coefficient (Wildman–Crippen LogP) is 2.48. The third kappa shape index (κ3) is 2.95. The summed E-state index contributed by atoms with van der Waals surface area (Å²) in [5, 5.41) is 0.